The van der Waals surface area contributed by atoms with E-state index in [0.717, 1.165) is 12.1 Å². The molecule has 0 fully saturated rings. The Labute approximate surface area is 136 Å². The molecule has 0 unspecified atom stereocenters. The SMILES string of the molecule is CCc1noc(C)c1C(=O)NC[C@H](O)c1cccc(C(F)(F)F)c1. The van der Waals surface area contributed by atoms with E-state index in [1.165, 1.54) is 12.1 Å². The van der Waals surface area contributed by atoms with Gasteiger partial charge in [0.05, 0.1) is 17.4 Å². The second kappa shape index (κ2) is 7.04. The van der Waals surface area contributed by atoms with Crippen LogP contribution in [0, 0.1) is 6.92 Å². The highest BCUT2D eigenvalue weighted by atomic mass is 19.4. The largest absolute Gasteiger partial charge is 0.416 e. The van der Waals surface area contributed by atoms with Crippen molar-refractivity contribution in [3.8, 4) is 0 Å². The first-order valence-electron chi connectivity index (χ1n) is 7.32. The van der Waals surface area contributed by atoms with E-state index in [4.69, 9.17) is 4.52 Å². The van der Waals surface area contributed by atoms with Crippen LogP contribution in [0.2, 0.25) is 0 Å². The van der Waals surface area contributed by atoms with E-state index in [-0.39, 0.29) is 17.7 Å². The Hall–Kier alpha value is -2.35. The molecule has 0 saturated carbocycles. The average molecular weight is 342 g/mol. The summed E-state index contributed by atoms with van der Waals surface area (Å²) in [6, 6.07) is 4.36. The van der Waals surface area contributed by atoms with Gasteiger partial charge in [0.15, 0.2) is 0 Å². The smallest absolute Gasteiger partial charge is 0.387 e. The molecule has 0 bridgehead atoms. The molecule has 0 aliphatic rings. The number of rotatable bonds is 5. The molecule has 1 aromatic heterocycles. The van der Waals surface area contributed by atoms with Crippen LogP contribution in [0.4, 0.5) is 13.2 Å². The number of carbonyl (C=O) groups is 1. The van der Waals surface area contributed by atoms with Gasteiger partial charge in [-0.15, -0.1) is 0 Å². The van der Waals surface area contributed by atoms with Gasteiger partial charge in [0.2, 0.25) is 0 Å². The lowest BCUT2D eigenvalue weighted by Crippen LogP contribution is -2.29. The Morgan fingerprint density at radius 1 is 1.42 bits per heavy atom. The van der Waals surface area contributed by atoms with Gasteiger partial charge in [-0.1, -0.05) is 24.2 Å². The average Bonchev–Trinajstić information content (AvgIpc) is 2.92. The molecule has 2 rings (SSSR count). The van der Waals surface area contributed by atoms with E-state index in [2.05, 4.69) is 10.5 Å². The summed E-state index contributed by atoms with van der Waals surface area (Å²) < 4.78 is 43.0. The van der Waals surface area contributed by atoms with E-state index in [9.17, 15) is 23.1 Å². The highest BCUT2D eigenvalue weighted by Crippen LogP contribution is 2.30. The maximum atomic E-state index is 12.7. The third-order valence-corrected chi connectivity index (χ3v) is 3.55. The van der Waals surface area contributed by atoms with Gasteiger partial charge in [-0.25, -0.2) is 0 Å². The molecule has 5 nitrogen and oxygen atoms in total. The van der Waals surface area contributed by atoms with Crippen LogP contribution in [-0.2, 0) is 12.6 Å². The van der Waals surface area contributed by atoms with Crippen LogP contribution >= 0.6 is 0 Å². The Kier molecular flexibility index (Phi) is 5.28. The van der Waals surface area contributed by atoms with Crippen molar-refractivity contribution < 1.29 is 27.6 Å². The van der Waals surface area contributed by atoms with E-state index in [1.54, 1.807) is 6.92 Å². The maximum absolute atomic E-state index is 12.7. The summed E-state index contributed by atoms with van der Waals surface area (Å²) in [6.07, 6.45) is -5.26. The van der Waals surface area contributed by atoms with Crippen LogP contribution in [0.25, 0.3) is 0 Å². The number of nitrogens with one attached hydrogen (secondary N) is 1. The minimum absolute atomic E-state index is 0.0721. The molecule has 0 saturated heterocycles. The topological polar surface area (TPSA) is 75.4 Å². The third kappa shape index (κ3) is 3.94. The number of aliphatic hydroxyl groups is 1. The predicted octanol–water partition coefficient (Wildman–Crippen LogP) is 3.03. The Morgan fingerprint density at radius 2 is 2.12 bits per heavy atom. The first kappa shape index (κ1) is 18.0. The molecule has 0 spiro atoms. The van der Waals surface area contributed by atoms with Gasteiger partial charge in [-0.05, 0) is 31.0 Å². The summed E-state index contributed by atoms with van der Waals surface area (Å²) >= 11 is 0. The summed E-state index contributed by atoms with van der Waals surface area (Å²) in [7, 11) is 0. The fraction of sp³-hybridized carbons (Fsp3) is 0.375. The van der Waals surface area contributed by atoms with Crippen molar-refractivity contribution in [1.82, 2.24) is 10.5 Å². The van der Waals surface area contributed by atoms with Crippen LogP contribution in [-0.4, -0.2) is 22.7 Å². The first-order valence-corrected chi connectivity index (χ1v) is 7.32. The maximum Gasteiger partial charge on any atom is 0.416 e. The zero-order valence-corrected chi connectivity index (χ0v) is 13.1. The summed E-state index contributed by atoms with van der Waals surface area (Å²) in [5.74, 6) is -0.144. The van der Waals surface area contributed by atoms with Crippen molar-refractivity contribution in [3.63, 3.8) is 0 Å². The summed E-state index contributed by atoms with van der Waals surface area (Å²) in [5.41, 5.74) is -0.0105. The van der Waals surface area contributed by atoms with Crippen molar-refractivity contribution in [3.05, 3.63) is 52.4 Å². The molecule has 2 N–H and O–H groups in total. The van der Waals surface area contributed by atoms with Gasteiger partial charge < -0.3 is 14.9 Å². The second-order valence-electron chi connectivity index (χ2n) is 5.26. The van der Waals surface area contributed by atoms with Crippen LogP contribution in [0.1, 0.15) is 46.0 Å². The normalized spacial score (nSPS) is 12.9. The highest BCUT2D eigenvalue weighted by molar-refractivity contribution is 5.96. The van der Waals surface area contributed by atoms with Crippen molar-refractivity contribution >= 4 is 5.91 Å². The number of alkyl halides is 3. The lowest BCUT2D eigenvalue weighted by Gasteiger charge is -2.14. The van der Waals surface area contributed by atoms with E-state index in [1.807, 2.05) is 6.92 Å². The van der Waals surface area contributed by atoms with Crippen molar-refractivity contribution in [1.29, 1.82) is 0 Å². The summed E-state index contributed by atoms with van der Waals surface area (Å²) in [5, 5.41) is 16.3. The number of halogens is 3. The molecule has 130 valence electrons. The molecule has 2 aromatic rings. The van der Waals surface area contributed by atoms with Gasteiger partial charge in [-0.3, -0.25) is 4.79 Å². The summed E-state index contributed by atoms with van der Waals surface area (Å²) in [6.45, 7) is 3.17. The predicted molar refractivity (Wildman–Crippen MR) is 79.4 cm³/mol. The van der Waals surface area contributed by atoms with Gasteiger partial charge in [0, 0.05) is 6.54 Å². The molecule has 0 aliphatic carbocycles. The number of carbonyl (C=O) groups excluding carboxylic acids is 1. The standard InChI is InChI=1S/C16H17F3N2O3/c1-3-12-14(9(2)24-21-12)15(23)20-8-13(22)10-5-4-6-11(7-10)16(17,18)19/h4-7,13,22H,3,8H2,1-2H3,(H,20,23)/t13-/m0/s1. The fourth-order valence-corrected chi connectivity index (χ4v) is 2.27. The zero-order valence-electron chi connectivity index (χ0n) is 13.1. The Balaban J connectivity index is 2.07. The van der Waals surface area contributed by atoms with Crippen molar-refractivity contribution in [2.75, 3.05) is 6.54 Å². The first-order chi connectivity index (χ1) is 11.2. The lowest BCUT2D eigenvalue weighted by atomic mass is 10.1. The number of benzene rings is 1. The number of aryl methyl sites for hydroxylation is 2. The third-order valence-electron chi connectivity index (χ3n) is 3.55. The van der Waals surface area contributed by atoms with Crippen LogP contribution in [0.5, 0.6) is 0 Å². The van der Waals surface area contributed by atoms with Crippen molar-refractivity contribution in [2.45, 2.75) is 32.5 Å². The monoisotopic (exact) mass is 342 g/mol. The van der Waals surface area contributed by atoms with Gasteiger partial charge in [0.25, 0.3) is 5.91 Å². The van der Waals surface area contributed by atoms with Crippen LogP contribution < -0.4 is 5.32 Å². The molecule has 24 heavy (non-hydrogen) atoms. The van der Waals surface area contributed by atoms with E-state index in [0.29, 0.717) is 17.9 Å². The Morgan fingerprint density at radius 3 is 2.75 bits per heavy atom. The molecule has 1 heterocycles. The Bertz CT molecular complexity index is 726. The number of aromatic nitrogens is 1. The number of amides is 1. The molecule has 1 aromatic carbocycles. The lowest BCUT2D eigenvalue weighted by molar-refractivity contribution is -0.137. The van der Waals surface area contributed by atoms with Crippen molar-refractivity contribution in [2.24, 2.45) is 0 Å². The second-order valence-corrected chi connectivity index (χ2v) is 5.26. The van der Waals surface area contributed by atoms with Crippen LogP contribution in [0.3, 0.4) is 0 Å². The molecule has 1 atom stereocenters. The minimum Gasteiger partial charge on any atom is -0.387 e. The molecule has 1 amide bonds. The van der Waals surface area contributed by atoms with Gasteiger partial charge in [0.1, 0.15) is 11.3 Å². The molecule has 0 aliphatic heterocycles. The van der Waals surface area contributed by atoms with Gasteiger partial charge >= 0.3 is 6.18 Å². The highest BCUT2D eigenvalue weighted by Gasteiger charge is 2.31. The number of hydrogen-bond acceptors (Lipinski definition) is 4. The fourth-order valence-electron chi connectivity index (χ4n) is 2.27. The van der Waals surface area contributed by atoms with E-state index < -0.39 is 23.8 Å². The van der Waals surface area contributed by atoms with Crippen LogP contribution in [0.15, 0.2) is 28.8 Å². The molecule has 8 heteroatoms. The molecular formula is C16H17F3N2O3. The van der Waals surface area contributed by atoms with E-state index >= 15 is 0 Å². The number of nitrogens with zero attached hydrogens (tertiary/aromatic N) is 1. The quantitative estimate of drug-likeness (QED) is 0.876. The molecule has 0 radical (unpaired) electrons. The molecular weight excluding hydrogens is 325 g/mol. The van der Waals surface area contributed by atoms with Gasteiger partial charge in [-0.2, -0.15) is 13.2 Å². The minimum atomic E-state index is -4.49. The number of hydrogen-bond donors (Lipinski definition) is 2. The summed E-state index contributed by atoms with van der Waals surface area (Å²) in [4.78, 5) is 12.2. The number of aliphatic hydroxyl groups excluding tert-OH is 1. The zero-order chi connectivity index (χ0) is 17.9.